The van der Waals surface area contributed by atoms with E-state index >= 15 is 0 Å². The number of carbonyl (C=O) groups excluding carboxylic acids is 3. The van der Waals surface area contributed by atoms with E-state index in [0.29, 0.717) is 18.4 Å². The zero-order valence-corrected chi connectivity index (χ0v) is 11.3. The van der Waals surface area contributed by atoms with Gasteiger partial charge >= 0.3 is 12.1 Å². The van der Waals surface area contributed by atoms with Gasteiger partial charge in [-0.25, -0.2) is 9.59 Å². The number of hydroxylamine groups is 1. The molecule has 6 nitrogen and oxygen atoms in total. The van der Waals surface area contributed by atoms with Crippen LogP contribution in [0, 0.1) is 0 Å². The number of amides is 1. The third-order valence-corrected chi connectivity index (χ3v) is 2.84. The summed E-state index contributed by atoms with van der Waals surface area (Å²) in [7, 11) is 0. The normalized spacial score (nSPS) is 13.1. The quantitative estimate of drug-likeness (QED) is 0.836. The van der Waals surface area contributed by atoms with Gasteiger partial charge in [-0.3, -0.25) is 4.79 Å². The lowest BCUT2D eigenvalue weighted by Gasteiger charge is -2.09. The Labute approximate surface area is 116 Å². The predicted octanol–water partition coefficient (Wildman–Crippen LogP) is 2.02. The Morgan fingerprint density at radius 1 is 1.25 bits per heavy atom. The molecule has 2 rings (SSSR count). The van der Waals surface area contributed by atoms with Crippen LogP contribution < -0.4 is 5.48 Å². The summed E-state index contributed by atoms with van der Waals surface area (Å²) in [4.78, 5) is 39.1. The molecule has 0 unspecified atom stereocenters. The van der Waals surface area contributed by atoms with Crippen LogP contribution in [0.25, 0.3) is 0 Å². The third-order valence-electron chi connectivity index (χ3n) is 2.84. The molecule has 106 valence electrons. The first-order valence-electron chi connectivity index (χ1n) is 6.31. The maximum atomic E-state index is 11.7. The molecule has 1 aliphatic carbocycles. The zero-order valence-electron chi connectivity index (χ0n) is 11.3. The van der Waals surface area contributed by atoms with E-state index in [0.717, 1.165) is 5.56 Å². The van der Waals surface area contributed by atoms with Gasteiger partial charge < -0.3 is 9.57 Å². The lowest BCUT2D eigenvalue weighted by atomic mass is 10.1. The van der Waals surface area contributed by atoms with Crippen molar-refractivity contribution in [3.63, 3.8) is 0 Å². The molecule has 0 radical (unpaired) electrons. The van der Waals surface area contributed by atoms with E-state index in [-0.39, 0.29) is 17.5 Å². The van der Waals surface area contributed by atoms with Gasteiger partial charge in [0.15, 0.2) is 5.78 Å². The largest absolute Gasteiger partial charge is 0.445 e. The van der Waals surface area contributed by atoms with E-state index in [1.165, 1.54) is 6.07 Å². The van der Waals surface area contributed by atoms with E-state index in [2.05, 4.69) is 4.84 Å². The van der Waals surface area contributed by atoms with E-state index in [4.69, 9.17) is 4.74 Å². The molecular formula is C14H15NO5. The van der Waals surface area contributed by atoms with Gasteiger partial charge in [0, 0.05) is 12.0 Å². The molecule has 0 atom stereocenters. The summed E-state index contributed by atoms with van der Waals surface area (Å²) in [6.07, 6.45) is 0.00632. The SMILES string of the molecule is CC(C)OC(=O)NOC(=O)c1ccc2c(c1)C(=O)CC2. The highest BCUT2D eigenvalue weighted by molar-refractivity contribution is 6.02. The summed E-state index contributed by atoms with van der Waals surface area (Å²) >= 11 is 0. The Hall–Kier alpha value is -2.37. The van der Waals surface area contributed by atoms with Crippen molar-refractivity contribution in [3.8, 4) is 0 Å². The van der Waals surface area contributed by atoms with Gasteiger partial charge in [-0.1, -0.05) is 6.07 Å². The standard InChI is InChI=1S/C14H15NO5/c1-8(2)19-14(18)15-20-13(17)10-4-3-9-5-6-12(16)11(9)7-10/h3-4,7-8H,5-6H2,1-2H3,(H,15,18). The number of rotatable bonds is 2. The molecule has 0 saturated heterocycles. The number of hydrogen-bond donors (Lipinski definition) is 1. The smallest absolute Gasteiger partial charge is 0.440 e. The van der Waals surface area contributed by atoms with Gasteiger partial charge in [0.1, 0.15) is 0 Å². The fraction of sp³-hybridized carbons (Fsp3) is 0.357. The maximum Gasteiger partial charge on any atom is 0.440 e. The summed E-state index contributed by atoms with van der Waals surface area (Å²) in [6.45, 7) is 3.35. The van der Waals surface area contributed by atoms with Crippen LogP contribution in [0.4, 0.5) is 4.79 Å². The first-order chi connectivity index (χ1) is 9.47. The van der Waals surface area contributed by atoms with E-state index in [1.54, 1.807) is 26.0 Å². The van der Waals surface area contributed by atoms with E-state index in [1.807, 2.05) is 5.48 Å². The Morgan fingerprint density at radius 3 is 2.70 bits per heavy atom. The molecule has 0 spiro atoms. The Morgan fingerprint density at radius 2 is 2.00 bits per heavy atom. The highest BCUT2D eigenvalue weighted by Crippen LogP contribution is 2.23. The highest BCUT2D eigenvalue weighted by atomic mass is 16.7. The van der Waals surface area contributed by atoms with Crippen LogP contribution in [-0.4, -0.2) is 23.9 Å². The molecular weight excluding hydrogens is 262 g/mol. The van der Waals surface area contributed by atoms with Gasteiger partial charge in [0.25, 0.3) is 0 Å². The number of nitrogens with one attached hydrogen (secondary N) is 1. The summed E-state index contributed by atoms with van der Waals surface area (Å²) in [5.74, 6) is -0.727. The van der Waals surface area contributed by atoms with E-state index < -0.39 is 12.1 Å². The third kappa shape index (κ3) is 3.14. The average Bonchev–Trinajstić information content (AvgIpc) is 2.76. The monoisotopic (exact) mass is 277 g/mol. The van der Waals surface area contributed by atoms with Crippen LogP contribution in [0.5, 0.6) is 0 Å². The van der Waals surface area contributed by atoms with Crippen molar-refractivity contribution < 1.29 is 24.0 Å². The van der Waals surface area contributed by atoms with Gasteiger partial charge in [-0.2, -0.15) is 0 Å². The minimum absolute atomic E-state index is 0.0156. The minimum Gasteiger partial charge on any atom is -0.445 e. The Balaban J connectivity index is 1.98. The second-order valence-electron chi connectivity index (χ2n) is 4.74. The summed E-state index contributed by atoms with van der Waals surface area (Å²) in [6, 6.07) is 4.78. The summed E-state index contributed by atoms with van der Waals surface area (Å²) in [5.41, 5.74) is 3.58. The molecule has 0 aromatic heterocycles. The maximum absolute atomic E-state index is 11.7. The van der Waals surface area contributed by atoms with Gasteiger partial charge in [-0.05, 0) is 38.0 Å². The van der Waals surface area contributed by atoms with Crippen molar-refractivity contribution in [2.45, 2.75) is 32.8 Å². The lowest BCUT2D eigenvalue weighted by molar-refractivity contribution is 0.0159. The second-order valence-corrected chi connectivity index (χ2v) is 4.74. The van der Waals surface area contributed by atoms with Crippen LogP contribution in [0.1, 0.15) is 46.5 Å². The number of ether oxygens (including phenoxy) is 1. The predicted molar refractivity (Wildman–Crippen MR) is 69.3 cm³/mol. The number of benzene rings is 1. The average molecular weight is 277 g/mol. The number of Topliss-reactive ketones (excluding diaryl/α,β-unsaturated/α-hetero) is 1. The van der Waals surface area contributed by atoms with Crippen molar-refractivity contribution in [2.75, 3.05) is 0 Å². The molecule has 0 heterocycles. The first-order valence-corrected chi connectivity index (χ1v) is 6.31. The second kappa shape index (κ2) is 5.73. The van der Waals surface area contributed by atoms with Crippen LogP contribution >= 0.6 is 0 Å². The lowest BCUT2D eigenvalue weighted by Crippen LogP contribution is -2.29. The number of hydrogen-bond acceptors (Lipinski definition) is 5. The molecule has 6 heteroatoms. The van der Waals surface area contributed by atoms with Gasteiger partial charge in [-0.15, -0.1) is 5.48 Å². The number of fused-ring (bicyclic) bond motifs is 1. The van der Waals surface area contributed by atoms with Gasteiger partial charge in [0.05, 0.1) is 11.7 Å². The number of ketones is 1. The molecule has 0 saturated carbocycles. The molecule has 0 bridgehead atoms. The highest BCUT2D eigenvalue weighted by Gasteiger charge is 2.21. The van der Waals surface area contributed by atoms with Crippen LogP contribution in [-0.2, 0) is 16.0 Å². The van der Waals surface area contributed by atoms with Crippen molar-refractivity contribution in [2.24, 2.45) is 0 Å². The molecule has 1 N–H and O–H groups in total. The molecule has 1 aromatic carbocycles. The van der Waals surface area contributed by atoms with Crippen molar-refractivity contribution >= 4 is 17.8 Å². The van der Waals surface area contributed by atoms with Crippen LogP contribution in [0.2, 0.25) is 0 Å². The van der Waals surface area contributed by atoms with Crippen molar-refractivity contribution in [1.29, 1.82) is 0 Å². The summed E-state index contributed by atoms with van der Waals surface area (Å²) < 4.78 is 4.75. The molecule has 1 aliphatic rings. The van der Waals surface area contributed by atoms with Crippen molar-refractivity contribution in [1.82, 2.24) is 5.48 Å². The number of carbonyl (C=O) groups is 3. The fourth-order valence-electron chi connectivity index (χ4n) is 1.95. The van der Waals surface area contributed by atoms with Crippen LogP contribution in [0.15, 0.2) is 18.2 Å². The number of aryl methyl sites for hydroxylation is 1. The molecule has 0 aliphatic heterocycles. The minimum atomic E-state index is -0.842. The Bertz CT molecular complexity index is 565. The summed E-state index contributed by atoms with van der Waals surface area (Å²) in [5, 5.41) is 0. The molecule has 20 heavy (non-hydrogen) atoms. The van der Waals surface area contributed by atoms with Crippen molar-refractivity contribution in [3.05, 3.63) is 34.9 Å². The Kier molecular flexibility index (Phi) is 4.02. The molecule has 0 fully saturated rings. The molecule has 1 aromatic rings. The first kappa shape index (κ1) is 14.0. The zero-order chi connectivity index (χ0) is 14.7. The van der Waals surface area contributed by atoms with E-state index in [9.17, 15) is 14.4 Å². The fourth-order valence-corrected chi connectivity index (χ4v) is 1.95. The molecule has 1 amide bonds. The van der Waals surface area contributed by atoms with Gasteiger partial charge in [0.2, 0.25) is 0 Å². The topological polar surface area (TPSA) is 81.7 Å². The van der Waals surface area contributed by atoms with Crippen LogP contribution in [0.3, 0.4) is 0 Å².